The Labute approximate surface area is 333 Å². The maximum absolute atomic E-state index is 6.80. The molecule has 4 nitrogen and oxygen atoms in total. The molecule has 57 heavy (non-hydrogen) atoms. The molecule has 0 atom stereocenters. The lowest BCUT2D eigenvalue weighted by Crippen LogP contribution is -2.56. The molecule has 0 saturated heterocycles. The molecule has 1 aliphatic heterocycles. The Bertz CT molecular complexity index is 2800. The minimum atomic E-state index is 0.0576. The highest BCUT2D eigenvalue weighted by molar-refractivity contribution is 5.90. The van der Waals surface area contributed by atoms with Gasteiger partial charge in [-0.25, -0.2) is 15.0 Å². The van der Waals surface area contributed by atoms with Gasteiger partial charge < -0.3 is 4.74 Å². The minimum Gasteiger partial charge on any atom is -0.457 e. The van der Waals surface area contributed by atoms with Gasteiger partial charge >= 0.3 is 0 Å². The summed E-state index contributed by atoms with van der Waals surface area (Å²) in [4.78, 5) is 15.2. The first-order chi connectivity index (χ1) is 28.2. The predicted molar refractivity (Wildman–Crippen MR) is 229 cm³/mol. The van der Waals surface area contributed by atoms with Crippen molar-refractivity contribution in [1.29, 1.82) is 0 Å². The second-order valence-corrected chi connectivity index (χ2v) is 16.9. The van der Waals surface area contributed by atoms with Crippen LogP contribution in [0.2, 0.25) is 0 Å². The summed E-state index contributed by atoms with van der Waals surface area (Å²) in [5.74, 6) is 7.22. The summed E-state index contributed by atoms with van der Waals surface area (Å²) in [5, 5.41) is 2.32. The lowest BCUT2D eigenvalue weighted by Gasteiger charge is -2.63. The van der Waals surface area contributed by atoms with Crippen LogP contribution in [0.3, 0.4) is 0 Å². The molecule has 0 N–H and O–H groups in total. The highest BCUT2D eigenvalue weighted by Gasteiger charge is 2.61. The molecular formula is C53H41N3O. The van der Waals surface area contributed by atoms with Crippen molar-refractivity contribution in [2.45, 2.75) is 37.5 Å². The maximum Gasteiger partial charge on any atom is 0.164 e. The van der Waals surface area contributed by atoms with Crippen molar-refractivity contribution >= 4 is 10.8 Å². The van der Waals surface area contributed by atoms with Crippen molar-refractivity contribution in [3.8, 4) is 67.9 Å². The van der Waals surface area contributed by atoms with Crippen LogP contribution in [-0.4, -0.2) is 15.0 Å². The molecule has 5 aliphatic rings. The molecule has 8 aromatic rings. The van der Waals surface area contributed by atoms with E-state index in [2.05, 4.69) is 146 Å². The van der Waals surface area contributed by atoms with Crippen molar-refractivity contribution in [2.24, 2.45) is 23.7 Å². The van der Waals surface area contributed by atoms with Crippen molar-refractivity contribution in [1.82, 2.24) is 15.0 Å². The Hall–Kier alpha value is -6.39. The minimum absolute atomic E-state index is 0.0576. The fraction of sp³-hybridized carbons (Fsp3) is 0.189. The van der Waals surface area contributed by atoms with Gasteiger partial charge in [0.15, 0.2) is 17.5 Å². The molecule has 0 radical (unpaired) electrons. The average Bonchev–Trinajstić information content (AvgIpc) is 3.27. The SMILES string of the molecule is c1ccc(-c2ccc3ccc(-c4nc(-c5ccccc5)nc(-c5ccc(-c6ccc7c(c6)Oc6ccccc6C76C7CC8CC(C7)CC6C8)cc5)n4)cc3c2)cc1. The summed E-state index contributed by atoms with van der Waals surface area (Å²) in [6.07, 6.45) is 6.85. The molecule has 4 bridgehead atoms. The fourth-order valence-corrected chi connectivity index (χ4v) is 11.5. The number of hydrogen-bond donors (Lipinski definition) is 0. The van der Waals surface area contributed by atoms with E-state index >= 15 is 0 Å². The predicted octanol–water partition coefficient (Wildman–Crippen LogP) is 13.2. The molecule has 0 amide bonds. The number of rotatable bonds is 5. The summed E-state index contributed by atoms with van der Waals surface area (Å²) in [6.45, 7) is 0. The Balaban J connectivity index is 0.913. The van der Waals surface area contributed by atoms with Crippen LogP contribution >= 0.6 is 0 Å². The van der Waals surface area contributed by atoms with Crippen molar-refractivity contribution in [2.75, 3.05) is 0 Å². The fourth-order valence-electron chi connectivity index (χ4n) is 11.5. The van der Waals surface area contributed by atoms with Gasteiger partial charge in [-0.3, -0.25) is 0 Å². The van der Waals surface area contributed by atoms with E-state index in [9.17, 15) is 0 Å². The highest BCUT2D eigenvalue weighted by Crippen LogP contribution is 2.68. The van der Waals surface area contributed by atoms with Gasteiger partial charge in [0, 0.05) is 33.2 Å². The standard InChI is InChI=1S/C53H41N3O/c1-3-9-35(10-4-1)40-21-17-37-18-22-42(31-43(37)30-40)52-55-50(38-11-5-2-6-12-38)54-51(56-52)39-19-15-36(16-20-39)41-23-24-47-49(32-41)57-48-14-8-7-13-46(48)53(47)44-26-33-25-34(28-44)29-45(53)27-33/h1-24,30-34,44-45H,25-29H2. The molecule has 4 fully saturated rings. The first kappa shape index (κ1) is 32.8. The summed E-state index contributed by atoms with van der Waals surface area (Å²) in [5.41, 5.74) is 10.4. The van der Waals surface area contributed by atoms with Gasteiger partial charge in [-0.1, -0.05) is 140 Å². The first-order valence-electron chi connectivity index (χ1n) is 20.6. The van der Waals surface area contributed by atoms with E-state index in [1.54, 1.807) is 0 Å². The number of ether oxygens (including phenoxy) is 1. The largest absolute Gasteiger partial charge is 0.457 e. The maximum atomic E-state index is 6.80. The van der Waals surface area contributed by atoms with E-state index in [-0.39, 0.29) is 5.41 Å². The zero-order valence-corrected chi connectivity index (χ0v) is 31.7. The molecular weight excluding hydrogens is 695 g/mol. The molecule has 4 saturated carbocycles. The molecule has 1 spiro atoms. The molecule has 2 heterocycles. The van der Waals surface area contributed by atoms with Crippen LogP contribution in [0.1, 0.15) is 43.2 Å². The molecule has 4 aliphatic carbocycles. The van der Waals surface area contributed by atoms with E-state index in [0.717, 1.165) is 56.5 Å². The van der Waals surface area contributed by atoms with Crippen LogP contribution in [0.5, 0.6) is 11.5 Å². The van der Waals surface area contributed by atoms with Gasteiger partial charge in [-0.15, -0.1) is 0 Å². The van der Waals surface area contributed by atoms with Crippen LogP contribution in [0.15, 0.2) is 164 Å². The smallest absolute Gasteiger partial charge is 0.164 e. The molecule has 1 aromatic heterocycles. The zero-order valence-electron chi connectivity index (χ0n) is 31.7. The summed E-state index contributed by atoms with van der Waals surface area (Å²) < 4.78 is 6.80. The van der Waals surface area contributed by atoms with Crippen LogP contribution in [0, 0.1) is 23.7 Å². The Morgan fingerprint density at radius 2 is 0.842 bits per heavy atom. The molecule has 4 heteroatoms. The van der Waals surface area contributed by atoms with Gasteiger partial charge in [0.05, 0.1) is 0 Å². The van der Waals surface area contributed by atoms with Gasteiger partial charge in [-0.05, 0) is 113 Å². The third kappa shape index (κ3) is 5.30. The Morgan fingerprint density at radius 3 is 1.54 bits per heavy atom. The normalized spacial score (nSPS) is 22.6. The van der Waals surface area contributed by atoms with Crippen molar-refractivity contribution in [3.05, 3.63) is 175 Å². The number of benzene rings is 7. The van der Waals surface area contributed by atoms with Gasteiger partial charge in [-0.2, -0.15) is 0 Å². The molecule has 13 rings (SSSR count). The first-order valence-corrected chi connectivity index (χ1v) is 20.6. The second kappa shape index (κ2) is 12.8. The summed E-state index contributed by atoms with van der Waals surface area (Å²) in [6, 6.07) is 58.4. The van der Waals surface area contributed by atoms with E-state index in [4.69, 9.17) is 19.7 Å². The van der Waals surface area contributed by atoms with E-state index in [1.807, 2.05) is 18.2 Å². The topological polar surface area (TPSA) is 47.9 Å². The van der Waals surface area contributed by atoms with Gasteiger partial charge in [0.1, 0.15) is 11.5 Å². The number of nitrogens with zero attached hydrogens (tertiary/aromatic N) is 3. The quantitative estimate of drug-likeness (QED) is 0.177. The summed E-state index contributed by atoms with van der Waals surface area (Å²) >= 11 is 0. The van der Waals surface area contributed by atoms with Crippen LogP contribution in [0.4, 0.5) is 0 Å². The lowest BCUT2D eigenvalue weighted by molar-refractivity contribution is -0.0452. The van der Waals surface area contributed by atoms with Crippen molar-refractivity contribution < 1.29 is 4.74 Å². The van der Waals surface area contributed by atoms with E-state index < -0.39 is 0 Å². The Kier molecular flexibility index (Phi) is 7.38. The third-order valence-corrected chi connectivity index (χ3v) is 13.8. The van der Waals surface area contributed by atoms with Gasteiger partial charge in [0.2, 0.25) is 0 Å². The number of hydrogen-bond acceptors (Lipinski definition) is 4. The van der Waals surface area contributed by atoms with Crippen LogP contribution < -0.4 is 4.74 Å². The lowest BCUT2D eigenvalue weighted by atomic mass is 9.42. The number of para-hydroxylation sites is 1. The zero-order chi connectivity index (χ0) is 37.5. The van der Waals surface area contributed by atoms with Crippen LogP contribution in [-0.2, 0) is 5.41 Å². The average molecular weight is 736 g/mol. The number of fused-ring (bicyclic) bond motifs is 3. The van der Waals surface area contributed by atoms with Gasteiger partial charge in [0.25, 0.3) is 0 Å². The van der Waals surface area contributed by atoms with Crippen molar-refractivity contribution in [3.63, 3.8) is 0 Å². The monoisotopic (exact) mass is 735 g/mol. The highest BCUT2D eigenvalue weighted by atomic mass is 16.5. The molecule has 274 valence electrons. The van der Waals surface area contributed by atoms with Crippen LogP contribution in [0.25, 0.3) is 67.2 Å². The third-order valence-electron chi connectivity index (χ3n) is 13.8. The number of aromatic nitrogens is 3. The Morgan fingerprint density at radius 1 is 0.368 bits per heavy atom. The summed E-state index contributed by atoms with van der Waals surface area (Å²) in [7, 11) is 0. The van der Waals surface area contributed by atoms with E-state index in [0.29, 0.717) is 29.3 Å². The van der Waals surface area contributed by atoms with E-state index in [1.165, 1.54) is 59.7 Å². The second-order valence-electron chi connectivity index (χ2n) is 16.9. The molecule has 0 unspecified atom stereocenters. The molecule has 7 aromatic carbocycles.